The second-order valence-corrected chi connectivity index (χ2v) is 7.45. The minimum atomic E-state index is -0.102. The van der Waals surface area contributed by atoms with Crippen LogP contribution in [0.1, 0.15) is 12.8 Å². The molecule has 2 aromatic rings. The first kappa shape index (κ1) is 16.5. The molecule has 0 saturated heterocycles. The lowest BCUT2D eigenvalue weighted by Crippen LogP contribution is -2.12. The van der Waals surface area contributed by atoms with Gasteiger partial charge in [0, 0.05) is 12.1 Å². The van der Waals surface area contributed by atoms with Gasteiger partial charge in [-0.05, 0) is 35.8 Å². The molecule has 1 aromatic heterocycles. The second kappa shape index (κ2) is 7.94. The Kier molecular flexibility index (Phi) is 6.23. The predicted molar refractivity (Wildman–Crippen MR) is 93.8 cm³/mol. The molecule has 0 aliphatic carbocycles. The number of nitrogen functional groups attached to an aromatic ring is 1. The molecule has 0 saturated carbocycles. The number of benzene rings is 1. The van der Waals surface area contributed by atoms with Gasteiger partial charge in [0.1, 0.15) is 0 Å². The maximum atomic E-state index is 11.9. The molecule has 21 heavy (non-hydrogen) atoms. The van der Waals surface area contributed by atoms with Crippen molar-refractivity contribution in [2.75, 3.05) is 16.8 Å². The van der Waals surface area contributed by atoms with E-state index in [2.05, 4.69) is 11.4 Å². The van der Waals surface area contributed by atoms with Gasteiger partial charge < -0.3 is 11.1 Å². The number of nitrogens with two attached hydrogens (primary N) is 1. The van der Waals surface area contributed by atoms with Crippen LogP contribution in [0.4, 0.5) is 11.4 Å². The Bertz CT molecular complexity index is 594. The van der Waals surface area contributed by atoms with Crippen molar-refractivity contribution in [1.82, 2.24) is 0 Å². The SMILES string of the molecule is Nc1cc(Cl)c(NC(=O)CCCSc2cccs2)c(Cl)c1. The molecule has 1 amide bonds. The zero-order chi connectivity index (χ0) is 15.2. The molecule has 7 heteroatoms. The lowest BCUT2D eigenvalue weighted by molar-refractivity contribution is -0.116. The summed E-state index contributed by atoms with van der Waals surface area (Å²) in [6, 6.07) is 7.22. The highest BCUT2D eigenvalue weighted by Crippen LogP contribution is 2.33. The lowest BCUT2D eigenvalue weighted by Gasteiger charge is -2.10. The van der Waals surface area contributed by atoms with Gasteiger partial charge in [-0.3, -0.25) is 4.79 Å². The van der Waals surface area contributed by atoms with E-state index in [1.165, 1.54) is 4.21 Å². The Labute approximate surface area is 141 Å². The van der Waals surface area contributed by atoms with Crippen LogP contribution in [-0.4, -0.2) is 11.7 Å². The van der Waals surface area contributed by atoms with Gasteiger partial charge in [-0.2, -0.15) is 0 Å². The Hall–Kier alpha value is -0.880. The Morgan fingerprint density at radius 2 is 2.05 bits per heavy atom. The normalized spacial score (nSPS) is 10.6. The molecule has 2 rings (SSSR count). The minimum Gasteiger partial charge on any atom is -0.399 e. The number of rotatable bonds is 6. The van der Waals surface area contributed by atoms with Crippen molar-refractivity contribution < 1.29 is 4.79 Å². The third kappa shape index (κ3) is 5.11. The topological polar surface area (TPSA) is 55.1 Å². The van der Waals surface area contributed by atoms with E-state index in [9.17, 15) is 4.79 Å². The van der Waals surface area contributed by atoms with Gasteiger partial charge in [-0.1, -0.05) is 29.3 Å². The minimum absolute atomic E-state index is 0.102. The lowest BCUT2D eigenvalue weighted by atomic mass is 10.2. The highest BCUT2D eigenvalue weighted by molar-refractivity contribution is 8.01. The van der Waals surface area contributed by atoms with Crippen molar-refractivity contribution in [2.45, 2.75) is 17.1 Å². The molecule has 1 heterocycles. The molecule has 0 fully saturated rings. The third-order valence-electron chi connectivity index (χ3n) is 2.62. The molecule has 0 spiro atoms. The van der Waals surface area contributed by atoms with E-state index in [1.54, 1.807) is 35.2 Å². The van der Waals surface area contributed by atoms with Crippen LogP contribution in [0.5, 0.6) is 0 Å². The highest BCUT2D eigenvalue weighted by Gasteiger charge is 2.11. The highest BCUT2D eigenvalue weighted by atomic mass is 35.5. The van der Waals surface area contributed by atoms with Crippen LogP contribution in [0, 0.1) is 0 Å². The fourth-order valence-corrected chi connectivity index (χ4v) is 4.07. The zero-order valence-corrected chi connectivity index (χ0v) is 14.2. The van der Waals surface area contributed by atoms with E-state index in [1.807, 2.05) is 11.4 Å². The molecular weight excluding hydrogens is 347 g/mol. The van der Waals surface area contributed by atoms with Crippen molar-refractivity contribution in [3.63, 3.8) is 0 Å². The molecule has 0 unspecified atom stereocenters. The van der Waals surface area contributed by atoms with Crippen LogP contribution < -0.4 is 11.1 Å². The number of thioether (sulfide) groups is 1. The van der Waals surface area contributed by atoms with Gasteiger partial charge in [0.2, 0.25) is 5.91 Å². The van der Waals surface area contributed by atoms with Crippen molar-refractivity contribution in [3.05, 3.63) is 39.7 Å². The number of halogens is 2. The van der Waals surface area contributed by atoms with Crippen LogP contribution in [0.3, 0.4) is 0 Å². The largest absolute Gasteiger partial charge is 0.399 e. The van der Waals surface area contributed by atoms with Crippen molar-refractivity contribution in [3.8, 4) is 0 Å². The first-order valence-corrected chi connectivity index (χ1v) is 8.89. The van der Waals surface area contributed by atoms with E-state index >= 15 is 0 Å². The fraction of sp³-hybridized carbons (Fsp3) is 0.214. The first-order chi connectivity index (χ1) is 10.1. The number of thiophene rings is 1. The zero-order valence-electron chi connectivity index (χ0n) is 11.1. The summed E-state index contributed by atoms with van der Waals surface area (Å²) in [5.41, 5.74) is 6.51. The average molecular weight is 361 g/mol. The maximum Gasteiger partial charge on any atom is 0.224 e. The summed E-state index contributed by atoms with van der Waals surface area (Å²) in [6.07, 6.45) is 1.22. The summed E-state index contributed by atoms with van der Waals surface area (Å²) < 4.78 is 1.26. The summed E-state index contributed by atoms with van der Waals surface area (Å²) >= 11 is 15.5. The number of amides is 1. The van der Waals surface area contributed by atoms with Gasteiger partial charge in [-0.25, -0.2) is 0 Å². The van der Waals surface area contributed by atoms with E-state index in [4.69, 9.17) is 28.9 Å². The van der Waals surface area contributed by atoms with Gasteiger partial charge in [0.05, 0.1) is 19.9 Å². The molecule has 1 aromatic carbocycles. The summed E-state index contributed by atoms with van der Waals surface area (Å²) in [5.74, 6) is 0.798. The standard InChI is InChI=1S/C14H14Cl2N2OS2/c15-10-7-9(17)8-11(16)14(10)18-12(19)3-1-5-20-13-4-2-6-21-13/h2,4,6-8H,1,3,5,17H2,(H,18,19). The molecule has 0 radical (unpaired) electrons. The van der Waals surface area contributed by atoms with Gasteiger partial charge in [-0.15, -0.1) is 23.1 Å². The van der Waals surface area contributed by atoms with Crippen LogP contribution in [0.2, 0.25) is 10.0 Å². The third-order valence-corrected chi connectivity index (χ3v) is 5.43. The number of anilines is 2. The number of hydrogen-bond acceptors (Lipinski definition) is 4. The van der Waals surface area contributed by atoms with Crippen molar-refractivity contribution >= 4 is 63.6 Å². The summed E-state index contributed by atoms with van der Waals surface area (Å²) in [6.45, 7) is 0. The predicted octanol–water partition coefficient (Wildman–Crippen LogP) is 5.15. The number of carbonyl (C=O) groups is 1. The first-order valence-electron chi connectivity index (χ1n) is 6.27. The molecule has 112 valence electrons. The van der Waals surface area contributed by atoms with Crippen LogP contribution in [0.25, 0.3) is 0 Å². The van der Waals surface area contributed by atoms with Crippen molar-refractivity contribution in [2.24, 2.45) is 0 Å². The van der Waals surface area contributed by atoms with E-state index in [-0.39, 0.29) is 5.91 Å². The number of hydrogen-bond donors (Lipinski definition) is 2. The van der Waals surface area contributed by atoms with Crippen LogP contribution in [-0.2, 0) is 4.79 Å². The van der Waals surface area contributed by atoms with Crippen molar-refractivity contribution in [1.29, 1.82) is 0 Å². The fourth-order valence-electron chi connectivity index (χ4n) is 1.67. The quantitative estimate of drug-likeness (QED) is 0.425. The molecule has 0 atom stereocenters. The van der Waals surface area contributed by atoms with Crippen LogP contribution in [0.15, 0.2) is 33.9 Å². The number of nitrogens with one attached hydrogen (secondary N) is 1. The summed E-state index contributed by atoms with van der Waals surface area (Å²) in [5, 5.41) is 5.47. The second-order valence-electron chi connectivity index (χ2n) is 4.29. The summed E-state index contributed by atoms with van der Waals surface area (Å²) in [4.78, 5) is 11.9. The molecular formula is C14H14Cl2N2OS2. The van der Waals surface area contributed by atoms with Crippen LogP contribution >= 0.6 is 46.3 Å². The molecule has 3 nitrogen and oxygen atoms in total. The molecule has 0 aliphatic rings. The van der Waals surface area contributed by atoms with Gasteiger partial charge in [0.15, 0.2) is 0 Å². The Balaban J connectivity index is 1.79. The monoisotopic (exact) mass is 360 g/mol. The van der Waals surface area contributed by atoms with Gasteiger partial charge in [0.25, 0.3) is 0 Å². The number of carbonyl (C=O) groups excluding carboxylic acids is 1. The summed E-state index contributed by atoms with van der Waals surface area (Å²) in [7, 11) is 0. The van der Waals surface area contributed by atoms with E-state index in [0.29, 0.717) is 27.8 Å². The van der Waals surface area contributed by atoms with E-state index in [0.717, 1.165) is 12.2 Å². The maximum absolute atomic E-state index is 11.9. The molecule has 0 bridgehead atoms. The van der Waals surface area contributed by atoms with E-state index < -0.39 is 0 Å². The van der Waals surface area contributed by atoms with Gasteiger partial charge >= 0.3 is 0 Å². The Morgan fingerprint density at radius 3 is 2.67 bits per heavy atom. The Morgan fingerprint density at radius 1 is 1.33 bits per heavy atom. The average Bonchev–Trinajstić information content (AvgIpc) is 2.92. The molecule has 0 aliphatic heterocycles. The molecule has 3 N–H and O–H groups in total. The smallest absolute Gasteiger partial charge is 0.224 e.